The number of carbonyl (C=O) groups is 1. The Morgan fingerprint density at radius 2 is 1.82 bits per heavy atom. The Morgan fingerprint density at radius 3 is 2.59 bits per heavy atom. The number of carbonyl (C=O) groups excluding carboxylic acids is 1. The van der Waals surface area contributed by atoms with Crippen molar-refractivity contribution in [3.8, 4) is 5.75 Å². The molecule has 0 unspecified atom stereocenters. The van der Waals surface area contributed by atoms with E-state index in [9.17, 15) is 4.79 Å². The van der Waals surface area contributed by atoms with Gasteiger partial charge < -0.3 is 10.1 Å². The third-order valence-electron chi connectivity index (χ3n) is 2.77. The molecule has 22 heavy (non-hydrogen) atoms. The van der Waals surface area contributed by atoms with Crippen LogP contribution in [0.4, 0.5) is 10.5 Å². The quantitative estimate of drug-likeness (QED) is 0.655. The molecule has 5 heteroatoms. The first-order valence-electron chi connectivity index (χ1n) is 6.74. The van der Waals surface area contributed by atoms with Gasteiger partial charge in [0.15, 0.2) is 0 Å². The van der Waals surface area contributed by atoms with Crippen molar-refractivity contribution in [1.82, 2.24) is 5.43 Å². The number of ether oxygens (including phenoxy) is 1. The molecule has 0 bridgehead atoms. The number of rotatable bonds is 5. The minimum Gasteiger partial charge on any atom is -0.496 e. The Balaban J connectivity index is 1.83. The number of allylic oxidation sites excluding steroid dienone is 1. The Morgan fingerprint density at radius 1 is 1.09 bits per heavy atom. The van der Waals surface area contributed by atoms with E-state index in [1.54, 1.807) is 25.3 Å². The highest BCUT2D eigenvalue weighted by Crippen LogP contribution is 2.18. The summed E-state index contributed by atoms with van der Waals surface area (Å²) in [5.74, 6) is 0.780. The second kappa shape index (κ2) is 8.26. The van der Waals surface area contributed by atoms with Gasteiger partial charge in [0.1, 0.15) is 5.75 Å². The minimum absolute atomic E-state index is 0.395. The number of nitrogens with one attached hydrogen (secondary N) is 2. The molecule has 0 aromatic heterocycles. The molecule has 0 saturated carbocycles. The zero-order valence-corrected chi connectivity index (χ0v) is 12.2. The Kier molecular flexibility index (Phi) is 5.75. The second-order valence-corrected chi connectivity index (χ2v) is 4.31. The Hall–Kier alpha value is -3.08. The molecule has 0 atom stereocenters. The molecule has 0 aliphatic rings. The number of hydrogen-bond acceptors (Lipinski definition) is 3. The van der Waals surface area contributed by atoms with Crippen molar-refractivity contribution in [2.45, 2.75) is 0 Å². The predicted molar refractivity (Wildman–Crippen MR) is 89.1 cm³/mol. The molecule has 112 valence electrons. The summed E-state index contributed by atoms with van der Waals surface area (Å²) in [6.45, 7) is 0. The number of urea groups is 1. The summed E-state index contributed by atoms with van der Waals surface area (Å²) in [7, 11) is 1.62. The van der Waals surface area contributed by atoms with Crippen LogP contribution < -0.4 is 15.5 Å². The molecular weight excluding hydrogens is 278 g/mol. The zero-order chi connectivity index (χ0) is 15.6. The van der Waals surface area contributed by atoms with E-state index in [0.29, 0.717) is 5.69 Å². The van der Waals surface area contributed by atoms with E-state index >= 15 is 0 Å². The molecular formula is C17H17N3O2. The van der Waals surface area contributed by atoms with E-state index < -0.39 is 6.03 Å². The van der Waals surface area contributed by atoms with Gasteiger partial charge in [-0.1, -0.05) is 36.4 Å². The van der Waals surface area contributed by atoms with E-state index in [1.165, 1.54) is 6.21 Å². The lowest BCUT2D eigenvalue weighted by Crippen LogP contribution is -2.23. The van der Waals surface area contributed by atoms with E-state index in [2.05, 4.69) is 15.8 Å². The smallest absolute Gasteiger partial charge is 0.339 e. The second-order valence-electron chi connectivity index (χ2n) is 4.31. The van der Waals surface area contributed by atoms with Crippen molar-refractivity contribution in [3.05, 3.63) is 66.2 Å². The fourth-order valence-corrected chi connectivity index (χ4v) is 1.77. The van der Waals surface area contributed by atoms with Crippen molar-refractivity contribution in [2.75, 3.05) is 12.4 Å². The first kappa shape index (κ1) is 15.3. The molecule has 0 aliphatic carbocycles. The lowest BCUT2D eigenvalue weighted by Gasteiger charge is -2.03. The first-order chi connectivity index (χ1) is 10.8. The van der Waals surface area contributed by atoms with Crippen LogP contribution in [0.15, 0.2) is 65.8 Å². The molecule has 2 aromatic rings. The number of anilines is 1. The van der Waals surface area contributed by atoms with Crippen LogP contribution in [-0.2, 0) is 0 Å². The van der Waals surface area contributed by atoms with Gasteiger partial charge in [0.2, 0.25) is 0 Å². The van der Waals surface area contributed by atoms with E-state index in [4.69, 9.17) is 4.74 Å². The molecule has 0 spiro atoms. The van der Waals surface area contributed by atoms with E-state index in [-0.39, 0.29) is 0 Å². The van der Waals surface area contributed by atoms with Crippen LogP contribution in [0.1, 0.15) is 5.56 Å². The van der Waals surface area contributed by atoms with Gasteiger partial charge in [-0.2, -0.15) is 5.10 Å². The Bertz CT molecular complexity index is 667. The average molecular weight is 295 g/mol. The van der Waals surface area contributed by atoms with Crippen molar-refractivity contribution in [3.63, 3.8) is 0 Å². The van der Waals surface area contributed by atoms with Gasteiger partial charge in [-0.3, -0.25) is 0 Å². The number of benzene rings is 2. The van der Waals surface area contributed by atoms with Gasteiger partial charge in [0.05, 0.1) is 7.11 Å². The van der Waals surface area contributed by atoms with Gasteiger partial charge in [-0.15, -0.1) is 0 Å². The topological polar surface area (TPSA) is 62.7 Å². The molecule has 2 N–H and O–H groups in total. The number of methoxy groups -OCH3 is 1. The monoisotopic (exact) mass is 295 g/mol. The molecule has 0 fully saturated rings. The van der Waals surface area contributed by atoms with Crippen molar-refractivity contribution in [2.24, 2.45) is 5.10 Å². The first-order valence-corrected chi connectivity index (χ1v) is 6.74. The van der Waals surface area contributed by atoms with E-state index in [1.807, 2.05) is 48.5 Å². The molecule has 0 aliphatic heterocycles. The predicted octanol–water partition coefficient (Wildman–Crippen LogP) is 3.52. The van der Waals surface area contributed by atoms with Crippen LogP contribution >= 0.6 is 0 Å². The molecule has 0 saturated heterocycles. The highest BCUT2D eigenvalue weighted by Gasteiger charge is 1.97. The average Bonchev–Trinajstić information content (AvgIpc) is 2.56. The highest BCUT2D eigenvalue weighted by atomic mass is 16.5. The van der Waals surface area contributed by atoms with Crippen molar-refractivity contribution < 1.29 is 9.53 Å². The summed E-state index contributed by atoms with van der Waals surface area (Å²) in [6, 6.07) is 16.4. The summed E-state index contributed by atoms with van der Waals surface area (Å²) in [4.78, 5) is 11.6. The number of para-hydroxylation sites is 2. The minimum atomic E-state index is -0.395. The summed E-state index contributed by atoms with van der Waals surface area (Å²) < 4.78 is 5.23. The van der Waals surface area contributed by atoms with Crippen LogP contribution in [0.5, 0.6) is 5.75 Å². The van der Waals surface area contributed by atoms with Gasteiger partial charge in [0.25, 0.3) is 0 Å². The molecule has 5 nitrogen and oxygen atoms in total. The standard InChI is InChI=1S/C17H17N3O2/c1-22-16-12-6-5-8-14(16)9-7-13-18-20-17(21)19-15-10-3-2-4-11-15/h2-13H,1H3,(H2,19,20,21)/b9-7+,18-13-. The third kappa shape index (κ3) is 4.79. The van der Waals surface area contributed by atoms with Crippen molar-refractivity contribution in [1.29, 1.82) is 0 Å². The summed E-state index contributed by atoms with van der Waals surface area (Å²) in [6.07, 6.45) is 5.07. The molecule has 2 rings (SSSR count). The lowest BCUT2D eigenvalue weighted by molar-refractivity contribution is 0.252. The number of hydrogen-bond donors (Lipinski definition) is 2. The zero-order valence-electron chi connectivity index (χ0n) is 12.2. The summed E-state index contributed by atoms with van der Waals surface area (Å²) >= 11 is 0. The highest BCUT2D eigenvalue weighted by molar-refractivity contribution is 5.90. The van der Waals surface area contributed by atoms with Gasteiger partial charge >= 0.3 is 6.03 Å². The lowest BCUT2D eigenvalue weighted by atomic mass is 10.2. The Labute approximate surface area is 129 Å². The molecule has 2 amide bonds. The fourth-order valence-electron chi connectivity index (χ4n) is 1.77. The molecule has 0 heterocycles. The maximum atomic E-state index is 11.6. The van der Waals surface area contributed by atoms with E-state index in [0.717, 1.165) is 11.3 Å². The number of amides is 2. The largest absolute Gasteiger partial charge is 0.496 e. The van der Waals surface area contributed by atoms with Crippen LogP contribution in [0.3, 0.4) is 0 Å². The maximum absolute atomic E-state index is 11.6. The van der Waals surface area contributed by atoms with Crippen LogP contribution in [0, 0.1) is 0 Å². The van der Waals surface area contributed by atoms with Gasteiger partial charge in [0, 0.05) is 17.5 Å². The normalized spacial score (nSPS) is 10.8. The molecule has 2 aromatic carbocycles. The fraction of sp³-hybridized carbons (Fsp3) is 0.0588. The number of hydrazone groups is 1. The third-order valence-corrected chi connectivity index (χ3v) is 2.77. The SMILES string of the molecule is COc1ccccc1/C=C/C=N\NC(=O)Nc1ccccc1. The van der Waals surface area contributed by atoms with Crippen LogP contribution in [0.25, 0.3) is 6.08 Å². The van der Waals surface area contributed by atoms with Crippen LogP contribution in [-0.4, -0.2) is 19.4 Å². The summed E-state index contributed by atoms with van der Waals surface area (Å²) in [5, 5.41) is 6.48. The maximum Gasteiger partial charge on any atom is 0.339 e. The summed E-state index contributed by atoms with van der Waals surface area (Å²) in [5.41, 5.74) is 4.03. The van der Waals surface area contributed by atoms with Gasteiger partial charge in [-0.05, 0) is 30.4 Å². The van der Waals surface area contributed by atoms with Crippen LogP contribution in [0.2, 0.25) is 0 Å². The number of nitrogens with zero attached hydrogens (tertiary/aromatic N) is 1. The van der Waals surface area contributed by atoms with Crippen molar-refractivity contribution >= 4 is 24.0 Å². The van der Waals surface area contributed by atoms with Gasteiger partial charge in [-0.25, -0.2) is 10.2 Å². The molecule has 0 radical (unpaired) electrons.